The summed E-state index contributed by atoms with van der Waals surface area (Å²) in [5, 5.41) is 2.85. The lowest BCUT2D eigenvalue weighted by atomic mass is 9.97. The number of nitrogens with zero attached hydrogens (tertiary/aromatic N) is 1. The quantitative estimate of drug-likeness (QED) is 0.787. The summed E-state index contributed by atoms with van der Waals surface area (Å²) in [7, 11) is 0. The van der Waals surface area contributed by atoms with Crippen molar-refractivity contribution >= 4 is 24.2 Å². The summed E-state index contributed by atoms with van der Waals surface area (Å²) in [5.74, 6) is -0.200. The second kappa shape index (κ2) is 7.96. The van der Waals surface area contributed by atoms with Crippen molar-refractivity contribution in [3.8, 4) is 0 Å². The Hall–Kier alpha value is -0.850. The monoisotopic (exact) mass is 319 g/mol. The van der Waals surface area contributed by atoms with Crippen LogP contribution in [-0.4, -0.2) is 54.6 Å². The zero-order valence-corrected chi connectivity index (χ0v) is 13.4. The summed E-state index contributed by atoms with van der Waals surface area (Å²) in [6, 6.07) is -0.471. The molecule has 3 N–H and O–H groups in total. The van der Waals surface area contributed by atoms with Gasteiger partial charge in [0.25, 0.3) is 0 Å². The van der Waals surface area contributed by atoms with Gasteiger partial charge in [-0.15, -0.1) is 12.4 Å². The minimum Gasteiger partial charge on any atom is -0.378 e. The van der Waals surface area contributed by atoms with E-state index in [1.54, 1.807) is 4.90 Å². The number of rotatable bonds is 4. The molecule has 1 saturated heterocycles. The Morgan fingerprint density at radius 3 is 2.38 bits per heavy atom. The number of hydrogen-bond donors (Lipinski definition) is 2. The Kier molecular flexibility index (Phi) is 6.90. The summed E-state index contributed by atoms with van der Waals surface area (Å²) in [6.45, 7) is 4.23. The highest BCUT2D eigenvalue weighted by atomic mass is 35.5. The first-order valence-corrected chi connectivity index (χ1v) is 7.53. The van der Waals surface area contributed by atoms with Crippen molar-refractivity contribution in [2.75, 3.05) is 26.3 Å². The van der Waals surface area contributed by atoms with Crippen molar-refractivity contribution in [2.45, 2.75) is 50.6 Å². The van der Waals surface area contributed by atoms with E-state index >= 15 is 0 Å². The lowest BCUT2D eigenvalue weighted by Crippen LogP contribution is -2.58. The zero-order chi connectivity index (χ0) is 14.6. The van der Waals surface area contributed by atoms with E-state index in [1.807, 2.05) is 6.92 Å². The predicted molar refractivity (Wildman–Crippen MR) is 82.3 cm³/mol. The van der Waals surface area contributed by atoms with Crippen LogP contribution < -0.4 is 11.1 Å². The Morgan fingerprint density at radius 2 is 1.86 bits per heavy atom. The smallest absolute Gasteiger partial charge is 0.245 e. The molecule has 2 amide bonds. The fourth-order valence-electron chi connectivity index (χ4n) is 2.88. The number of ether oxygens (including phenoxy) is 1. The number of carbonyl (C=O) groups excluding carboxylic acids is 2. The highest BCUT2D eigenvalue weighted by molar-refractivity contribution is 5.92. The van der Waals surface area contributed by atoms with Crippen molar-refractivity contribution in [1.29, 1.82) is 0 Å². The molecule has 1 heterocycles. The normalized spacial score (nSPS) is 22.3. The Bertz CT molecular complexity index is 366. The summed E-state index contributed by atoms with van der Waals surface area (Å²) in [5.41, 5.74) is 5.35. The first-order valence-electron chi connectivity index (χ1n) is 7.53. The van der Waals surface area contributed by atoms with Crippen LogP contribution in [0.5, 0.6) is 0 Å². The van der Waals surface area contributed by atoms with Gasteiger partial charge in [0.15, 0.2) is 0 Å². The van der Waals surface area contributed by atoms with Gasteiger partial charge in [-0.25, -0.2) is 0 Å². The van der Waals surface area contributed by atoms with Gasteiger partial charge in [-0.1, -0.05) is 19.8 Å². The molecule has 6 nitrogen and oxygen atoms in total. The number of hydrogen-bond acceptors (Lipinski definition) is 4. The SMILES string of the molecule is CCC(NC(=O)C1(N)CCCC1)C(=O)N1CCOCC1.Cl. The summed E-state index contributed by atoms with van der Waals surface area (Å²) in [6.07, 6.45) is 3.97. The van der Waals surface area contributed by atoms with Gasteiger partial charge in [0, 0.05) is 13.1 Å². The maximum absolute atomic E-state index is 12.4. The van der Waals surface area contributed by atoms with Gasteiger partial charge in [0.2, 0.25) is 11.8 Å². The summed E-state index contributed by atoms with van der Waals surface area (Å²) >= 11 is 0. The number of nitrogens with two attached hydrogens (primary N) is 1. The molecule has 21 heavy (non-hydrogen) atoms. The molecule has 1 saturated carbocycles. The standard InChI is InChI=1S/C14H25N3O3.ClH/c1-2-11(12(18)17-7-9-20-10-8-17)16-13(19)14(15)5-3-4-6-14;/h11H,2-10,15H2,1H3,(H,16,19);1H. The number of halogens is 1. The van der Waals surface area contributed by atoms with E-state index in [9.17, 15) is 9.59 Å². The third kappa shape index (κ3) is 4.31. The van der Waals surface area contributed by atoms with Gasteiger partial charge in [-0.05, 0) is 19.3 Å². The van der Waals surface area contributed by atoms with Gasteiger partial charge in [-0.3, -0.25) is 9.59 Å². The molecule has 7 heteroatoms. The highest BCUT2D eigenvalue weighted by Gasteiger charge is 2.39. The fourth-order valence-corrected chi connectivity index (χ4v) is 2.88. The number of amides is 2. The second-order valence-corrected chi connectivity index (χ2v) is 5.74. The number of morpholine rings is 1. The predicted octanol–water partition coefficient (Wildman–Crippen LogP) is 0.433. The van der Waals surface area contributed by atoms with Crippen molar-refractivity contribution in [2.24, 2.45) is 5.73 Å². The van der Waals surface area contributed by atoms with Gasteiger partial charge >= 0.3 is 0 Å². The van der Waals surface area contributed by atoms with Gasteiger partial charge < -0.3 is 20.7 Å². The Balaban J connectivity index is 0.00000220. The molecule has 122 valence electrons. The Morgan fingerprint density at radius 1 is 1.29 bits per heavy atom. The first-order chi connectivity index (χ1) is 9.57. The van der Waals surface area contributed by atoms with E-state index in [4.69, 9.17) is 10.5 Å². The van der Waals surface area contributed by atoms with Crippen LogP contribution in [0, 0.1) is 0 Å². The first kappa shape index (κ1) is 18.2. The molecule has 1 unspecified atom stereocenters. The molecule has 2 aliphatic rings. The highest BCUT2D eigenvalue weighted by Crippen LogP contribution is 2.27. The van der Waals surface area contributed by atoms with E-state index in [2.05, 4.69) is 5.32 Å². The van der Waals surface area contributed by atoms with E-state index in [0.29, 0.717) is 45.6 Å². The van der Waals surface area contributed by atoms with Crippen LogP contribution in [0.4, 0.5) is 0 Å². The van der Waals surface area contributed by atoms with Crippen LogP contribution in [0.15, 0.2) is 0 Å². The number of carbonyl (C=O) groups is 2. The molecule has 1 aliphatic heterocycles. The molecular formula is C14H26ClN3O3. The maximum Gasteiger partial charge on any atom is 0.245 e. The van der Waals surface area contributed by atoms with Gasteiger partial charge in [0.05, 0.1) is 18.8 Å². The van der Waals surface area contributed by atoms with Crippen molar-refractivity contribution in [1.82, 2.24) is 10.2 Å². The molecule has 2 fully saturated rings. The van der Waals surface area contributed by atoms with Crippen LogP contribution >= 0.6 is 12.4 Å². The van der Waals surface area contributed by atoms with E-state index in [1.165, 1.54) is 0 Å². The molecule has 1 atom stereocenters. The molecule has 0 radical (unpaired) electrons. The van der Waals surface area contributed by atoms with Crippen LogP contribution in [0.1, 0.15) is 39.0 Å². The molecule has 0 aromatic carbocycles. The topological polar surface area (TPSA) is 84.7 Å². The minimum absolute atomic E-state index is 0. The Labute approximate surface area is 132 Å². The fraction of sp³-hybridized carbons (Fsp3) is 0.857. The molecule has 0 spiro atoms. The van der Waals surface area contributed by atoms with E-state index in [0.717, 1.165) is 12.8 Å². The second-order valence-electron chi connectivity index (χ2n) is 5.74. The van der Waals surface area contributed by atoms with E-state index in [-0.39, 0.29) is 24.2 Å². The van der Waals surface area contributed by atoms with Crippen molar-refractivity contribution in [3.05, 3.63) is 0 Å². The lowest BCUT2D eigenvalue weighted by molar-refractivity contribution is -0.141. The third-order valence-corrected chi connectivity index (χ3v) is 4.28. The average Bonchev–Trinajstić information content (AvgIpc) is 2.93. The molecular weight excluding hydrogens is 294 g/mol. The summed E-state index contributed by atoms with van der Waals surface area (Å²) < 4.78 is 5.24. The van der Waals surface area contributed by atoms with Crippen LogP contribution in [0.25, 0.3) is 0 Å². The van der Waals surface area contributed by atoms with Gasteiger partial charge in [0.1, 0.15) is 6.04 Å². The van der Waals surface area contributed by atoms with Crippen molar-refractivity contribution < 1.29 is 14.3 Å². The van der Waals surface area contributed by atoms with E-state index < -0.39 is 11.6 Å². The molecule has 2 rings (SSSR count). The summed E-state index contributed by atoms with van der Waals surface area (Å²) in [4.78, 5) is 26.5. The molecule has 0 aromatic rings. The lowest BCUT2D eigenvalue weighted by Gasteiger charge is -2.32. The van der Waals surface area contributed by atoms with Crippen LogP contribution in [-0.2, 0) is 14.3 Å². The maximum atomic E-state index is 12.4. The molecule has 0 aromatic heterocycles. The molecule has 1 aliphatic carbocycles. The van der Waals surface area contributed by atoms with Crippen LogP contribution in [0.3, 0.4) is 0 Å². The van der Waals surface area contributed by atoms with Crippen molar-refractivity contribution in [3.63, 3.8) is 0 Å². The third-order valence-electron chi connectivity index (χ3n) is 4.28. The van der Waals surface area contributed by atoms with Crippen LogP contribution in [0.2, 0.25) is 0 Å². The average molecular weight is 320 g/mol. The minimum atomic E-state index is -0.779. The number of nitrogens with one attached hydrogen (secondary N) is 1. The molecule has 0 bridgehead atoms. The van der Waals surface area contributed by atoms with Gasteiger partial charge in [-0.2, -0.15) is 0 Å². The zero-order valence-electron chi connectivity index (χ0n) is 12.6. The largest absolute Gasteiger partial charge is 0.378 e.